The van der Waals surface area contributed by atoms with Crippen LogP contribution in [0.1, 0.15) is 86.6 Å². The molecule has 59 heavy (non-hydrogen) atoms. The first-order valence-electron chi connectivity index (χ1n) is 19.6. The number of nitrogens with zero attached hydrogens (tertiary/aromatic N) is 3. The van der Waals surface area contributed by atoms with Crippen LogP contribution in [-0.4, -0.2) is 126 Å². The van der Waals surface area contributed by atoms with Crippen LogP contribution in [0, 0.1) is 46.8 Å². The quantitative estimate of drug-likeness (QED) is 0.0979. The Morgan fingerprint density at radius 1 is 0.983 bits per heavy atom. The fourth-order valence-corrected chi connectivity index (χ4v) is 7.99. The molecule has 1 aromatic carbocycles. The molecule has 3 saturated heterocycles. The van der Waals surface area contributed by atoms with Crippen molar-refractivity contribution in [2.24, 2.45) is 27.9 Å². The molecule has 0 radical (unpaired) electrons. The fourth-order valence-electron chi connectivity index (χ4n) is 7.99. The number of ketones is 1. The highest BCUT2D eigenvalue weighted by atomic mass is 19.2. The van der Waals surface area contributed by atoms with E-state index in [1.807, 2.05) is 4.90 Å². The van der Waals surface area contributed by atoms with E-state index in [-0.39, 0.29) is 30.7 Å². The molecule has 3 aliphatic rings. The number of halogens is 5. The number of aliphatic hydroxyl groups is 2. The number of hydrogen-bond donors (Lipinski definition) is 2. The summed E-state index contributed by atoms with van der Waals surface area (Å²) in [6, 6.07) is -0.432. The number of carbonyl (C=O) groups is 3. The van der Waals surface area contributed by atoms with Crippen molar-refractivity contribution in [2.45, 2.75) is 142 Å². The van der Waals surface area contributed by atoms with Gasteiger partial charge in [0.15, 0.2) is 35.3 Å². The molecule has 3 aliphatic heterocycles. The topological polar surface area (TPSA) is 175 Å². The number of aliphatic imine (C=N–C) groups is 1. The van der Waals surface area contributed by atoms with E-state index < -0.39 is 144 Å². The molecule has 1 amide bonds. The van der Waals surface area contributed by atoms with Gasteiger partial charge in [-0.2, -0.15) is 0 Å². The van der Waals surface area contributed by atoms with E-state index >= 15 is 0 Å². The average Bonchev–Trinajstić information content (AvgIpc) is 3.19. The molecule has 0 aromatic heterocycles. The standard InChI is InChI=1S/C40H56F5N3O11/c1-11-27-40(8,53)28-13-25(46-22(6)49)18(2)14-39(7,55-16-23(15-54-28)47-56-17-24-29(41)31(43)33(45)32(44)30(24)42)36(20(4)34(50)21(5)37(52)58-27)59-38-35(51)26(48(9)10)12-19(3)57-38/h18-21,26-28,35-36,38,51,53H,11-17H2,1-10H3/b46-25?,47-23-/t18-,19-,20+,21-,26+,27+,28+,35-,36-,38+,39-,40-/m1/s1. The molecule has 0 saturated carbocycles. The lowest BCUT2D eigenvalue weighted by Gasteiger charge is -2.47. The predicted molar refractivity (Wildman–Crippen MR) is 201 cm³/mol. The van der Waals surface area contributed by atoms with Gasteiger partial charge >= 0.3 is 5.97 Å². The number of rotatable bonds is 7. The summed E-state index contributed by atoms with van der Waals surface area (Å²) in [5.41, 5.74) is -4.89. The molecule has 3 fully saturated rings. The van der Waals surface area contributed by atoms with Gasteiger partial charge in [-0.05, 0) is 67.0 Å². The number of ether oxygens (including phenoxy) is 5. The van der Waals surface area contributed by atoms with Crippen LogP contribution >= 0.6 is 0 Å². The summed E-state index contributed by atoms with van der Waals surface area (Å²) in [4.78, 5) is 51.9. The molecule has 12 atom stereocenters. The van der Waals surface area contributed by atoms with E-state index in [1.165, 1.54) is 27.7 Å². The zero-order valence-electron chi connectivity index (χ0n) is 35.0. The summed E-state index contributed by atoms with van der Waals surface area (Å²) in [5.74, 6) is -16.4. The maximum Gasteiger partial charge on any atom is 0.316 e. The Morgan fingerprint density at radius 3 is 2.17 bits per heavy atom. The number of amides is 1. The van der Waals surface area contributed by atoms with Crippen molar-refractivity contribution in [1.82, 2.24) is 4.90 Å². The Labute approximate surface area is 340 Å². The molecule has 3 heterocycles. The van der Waals surface area contributed by atoms with Crippen molar-refractivity contribution in [1.29, 1.82) is 0 Å². The molecular formula is C40H56F5N3O11. The molecule has 2 bridgehead atoms. The van der Waals surface area contributed by atoms with E-state index in [1.54, 1.807) is 41.8 Å². The lowest BCUT2D eigenvalue weighted by Crippen LogP contribution is -2.59. The third-order valence-electron chi connectivity index (χ3n) is 11.5. The third kappa shape index (κ3) is 10.7. The molecule has 2 N–H and O–H groups in total. The van der Waals surface area contributed by atoms with E-state index in [0.29, 0.717) is 6.42 Å². The first-order chi connectivity index (χ1) is 27.4. The largest absolute Gasteiger partial charge is 0.459 e. The lowest BCUT2D eigenvalue weighted by atomic mass is 9.76. The fraction of sp³-hybridized carbons (Fsp3) is 0.725. The van der Waals surface area contributed by atoms with E-state index in [4.69, 9.17) is 28.5 Å². The van der Waals surface area contributed by atoms with Crippen molar-refractivity contribution in [3.8, 4) is 0 Å². The van der Waals surface area contributed by atoms with Gasteiger partial charge in [-0.25, -0.2) is 26.9 Å². The van der Waals surface area contributed by atoms with Crippen molar-refractivity contribution >= 4 is 29.1 Å². The number of esters is 1. The zero-order valence-corrected chi connectivity index (χ0v) is 35.0. The molecule has 0 unspecified atom stereocenters. The Kier molecular flexibility index (Phi) is 15.9. The third-order valence-corrected chi connectivity index (χ3v) is 11.5. The van der Waals surface area contributed by atoms with Crippen LogP contribution in [-0.2, 0) is 49.5 Å². The van der Waals surface area contributed by atoms with Crippen LogP contribution in [0.5, 0.6) is 0 Å². The first-order valence-corrected chi connectivity index (χ1v) is 19.6. The number of carbonyl (C=O) groups excluding carboxylic acids is 3. The highest BCUT2D eigenvalue weighted by Gasteiger charge is 2.52. The summed E-state index contributed by atoms with van der Waals surface area (Å²) < 4.78 is 102. The second kappa shape index (κ2) is 19.5. The van der Waals surface area contributed by atoms with Crippen LogP contribution in [0.4, 0.5) is 22.0 Å². The highest BCUT2D eigenvalue weighted by molar-refractivity contribution is 6.00. The van der Waals surface area contributed by atoms with Crippen LogP contribution in [0.3, 0.4) is 0 Å². The predicted octanol–water partition coefficient (Wildman–Crippen LogP) is 4.57. The normalized spacial score (nSPS) is 36.8. The van der Waals surface area contributed by atoms with Gasteiger partial charge in [0.25, 0.3) is 0 Å². The minimum atomic E-state index is -2.35. The smallest absolute Gasteiger partial charge is 0.316 e. The highest BCUT2D eigenvalue weighted by Crippen LogP contribution is 2.39. The maximum absolute atomic E-state index is 14.6. The van der Waals surface area contributed by atoms with Crippen LogP contribution in [0.2, 0.25) is 0 Å². The van der Waals surface area contributed by atoms with Crippen LogP contribution in [0.15, 0.2) is 10.1 Å². The molecule has 14 nitrogen and oxygen atoms in total. The van der Waals surface area contributed by atoms with Crippen molar-refractivity contribution < 1.29 is 75.1 Å². The van der Waals surface area contributed by atoms with Crippen molar-refractivity contribution in [3.05, 3.63) is 34.6 Å². The number of benzene rings is 1. The summed E-state index contributed by atoms with van der Waals surface area (Å²) in [6.07, 6.45) is -6.71. The first kappa shape index (κ1) is 48.2. The SMILES string of the molecule is CC[C@@H]1OC(=O)[C@H](C)C(=O)[C@H](C)[C@@H](O[C@@H]2O[C@H](C)C[C@H](N(C)C)[C@H]2O)[C@@]2(C)C[C@@H](C)C(=NC(C)=O)C[C@H](OC/C(=N/OCc3c(F)c(F)c(F)c(F)c3F)CO2)[C@]1(C)O. The number of hydrogen-bond acceptors (Lipinski definition) is 13. The Balaban J connectivity index is 1.93. The molecular weight excluding hydrogens is 793 g/mol. The van der Waals surface area contributed by atoms with Gasteiger partial charge < -0.3 is 43.6 Å². The van der Waals surface area contributed by atoms with Crippen molar-refractivity contribution in [2.75, 3.05) is 27.3 Å². The van der Waals surface area contributed by atoms with E-state index in [2.05, 4.69) is 10.1 Å². The Hall–Kier alpha value is -3.46. The summed E-state index contributed by atoms with van der Waals surface area (Å²) in [6.45, 7) is 9.87. The Bertz CT molecular complexity index is 1750. The summed E-state index contributed by atoms with van der Waals surface area (Å²) in [7, 11) is 3.56. The minimum Gasteiger partial charge on any atom is -0.459 e. The number of fused-ring (bicyclic) bond motifs is 5. The van der Waals surface area contributed by atoms with Gasteiger partial charge in [-0.15, -0.1) is 0 Å². The number of likely N-dealkylation sites (N-methyl/N-ethyl adjacent to an activating group) is 1. The van der Waals surface area contributed by atoms with Gasteiger partial charge in [0.05, 0.1) is 42.7 Å². The number of Topliss-reactive ketones (excluding diaryl/α,β-unsaturated/α-hetero) is 1. The molecule has 4 rings (SSSR count). The molecule has 0 aliphatic carbocycles. The van der Waals surface area contributed by atoms with Gasteiger partial charge in [-0.1, -0.05) is 25.9 Å². The van der Waals surface area contributed by atoms with Crippen LogP contribution < -0.4 is 0 Å². The molecule has 1 aromatic rings. The van der Waals surface area contributed by atoms with E-state index in [9.17, 15) is 46.5 Å². The summed E-state index contributed by atoms with van der Waals surface area (Å²) >= 11 is 0. The number of oxime groups is 1. The average molecular weight is 850 g/mol. The second-order valence-corrected chi connectivity index (χ2v) is 16.4. The minimum absolute atomic E-state index is 0.0326. The molecule has 19 heteroatoms. The molecule has 332 valence electrons. The zero-order chi connectivity index (χ0) is 44.3. The van der Waals surface area contributed by atoms with Gasteiger partial charge in [-0.3, -0.25) is 14.4 Å². The maximum atomic E-state index is 14.6. The Morgan fingerprint density at radius 2 is 1.59 bits per heavy atom. The van der Waals surface area contributed by atoms with Gasteiger partial charge in [0.2, 0.25) is 11.7 Å². The van der Waals surface area contributed by atoms with E-state index in [0.717, 1.165) is 0 Å². The van der Waals surface area contributed by atoms with Crippen LogP contribution in [0.25, 0.3) is 0 Å². The summed E-state index contributed by atoms with van der Waals surface area (Å²) in [5, 5.41) is 27.6. The monoisotopic (exact) mass is 849 g/mol. The molecule has 0 spiro atoms. The van der Waals surface area contributed by atoms with Crippen molar-refractivity contribution in [3.63, 3.8) is 0 Å². The number of aliphatic hydroxyl groups excluding tert-OH is 1. The van der Waals surface area contributed by atoms with Gasteiger partial charge in [0, 0.05) is 31.0 Å². The lowest BCUT2D eigenvalue weighted by molar-refractivity contribution is -0.296. The number of cyclic esters (lactones) is 1. The van der Waals surface area contributed by atoms with Gasteiger partial charge in [0.1, 0.15) is 36.0 Å². The second-order valence-electron chi connectivity index (χ2n) is 16.4.